The Balaban J connectivity index is 2.87. The van der Waals surface area contributed by atoms with Gasteiger partial charge in [0.05, 0.1) is 12.5 Å². The molecule has 6 nitrogen and oxygen atoms in total. The fourth-order valence-corrected chi connectivity index (χ4v) is 1.66. The first-order chi connectivity index (χ1) is 6.09. The molecule has 0 aromatic carbocycles. The van der Waals surface area contributed by atoms with Crippen LogP contribution in [0, 0.1) is 0 Å². The highest BCUT2D eigenvalue weighted by Crippen LogP contribution is 2.08. The maximum Gasteiger partial charge on any atom is 0.238 e. The predicted octanol–water partition coefficient (Wildman–Crippen LogP) is -0.366. The highest BCUT2D eigenvalue weighted by Gasteiger charge is 2.10. The number of nitrogens with zero attached hydrogens (tertiary/aromatic N) is 4. The van der Waals surface area contributed by atoms with Gasteiger partial charge in [-0.1, -0.05) is 0 Å². The van der Waals surface area contributed by atoms with Crippen LogP contribution >= 0.6 is 0 Å². The SMILES string of the molecule is CS(=O)(=O)n1cnc2cncnc21. The Morgan fingerprint density at radius 3 is 2.85 bits per heavy atom. The van der Waals surface area contributed by atoms with E-state index in [4.69, 9.17) is 0 Å². The lowest BCUT2D eigenvalue weighted by molar-refractivity contribution is 0.594. The van der Waals surface area contributed by atoms with Gasteiger partial charge in [0.1, 0.15) is 18.2 Å². The molecule has 0 aliphatic carbocycles. The predicted molar refractivity (Wildman–Crippen MR) is 45.6 cm³/mol. The zero-order valence-electron chi connectivity index (χ0n) is 6.75. The van der Waals surface area contributed by atoms with Crippen LogP contribution in [-0.2, 0) is 10.0 Å². The van der Waals surface area contributed by atoms with Gasteiger partial charge in [0.15, 0.2) is 5.65 Å². The van der Waals surface area contributed by atoms with E-state index in [-0.39, 0.29) is 0 Å². The molecule has 0 amide bonds. The summed E-state index contributed by atoms with van der Waals surface area (Å²) in [6, 6.07) is 0. The van der Waals surface area contributed by atoms with Crippen LogP contribution < -0.4 is 0 Å². The van der Waals surface area contributed by atoms with Crippen molar-refractivity contribution >= 4 is 21.2 Å². The molecule has 0 saturated carbocycles. The molecule has 0 N–H and O–H groups in total. The van der Waals surface area contributed by atoms with E-state index >= 15 is 0 Å². The van der Waals surface area contributed by atoms with E-state index in [1.165, 1.54) is 18.9 Å². The first-order valence-corrected chi connectivity index (χ1v) is 5.27. The van der Waals surface area contributed by atoms with Gasteiger partial charge in [0.2, 0.25) is 10.0 Å². The van der Waals surface area contributed by atoms with Crippen molar-refractivity contribution in [3.8, 4) is 0 Å². The first-order valence-electron chi connectivity index (χ1n) is 3.42. The van der Waals surface area contributed by atoms with Crippen LogP contribution in [0.15, 0.2) is 18.9 Å². The summed E-state index contributed by atoms with van der Waals surface area (Å²) in [7, 11) is -3.32. The topological polar surface area (TPSA) is 77.7 Å². The second kappa shape index (κ2) is 2.49. The molecule has 0 radical (unpaired) electrons. The van der Waals surface area contributed by atoms with Crippen LogP contribution in [0.1, 0.15) is 0 Å². The van der Waals surface area contributed by atoms with Crippen molar-refractivity contribution in [3.05, 3.63) is 18.9 Å². The molecule has 0 spiro atoms. The van der Waals surface area contributed by atoms with Crippen molar-refractivity contribution in [3.63, 3.8) is 0 Å². The molecule has 0 fully saturated rings. The minimum Gasteiger partial charge on any atom is -0.242 e. The standard InChI is InChI=1S/C6H6N4O2S/c1-13(11,12)10-4-9-5-2-7-3-8-6(5)10/h2-4H,1H3. The minimum absolute atomic E-state index is 0.303. The van der Waals surface area contributed by atoms with E-state index in [1.807, 2.05) is 0 Å². The van der Waals surface area contributed by atoms with Crippen LogP contribution in [0.3, 0.4) is 0 Å². The number of fused-ring (bicyclic) bond motifs is 1. The second-order valence-electron chi connectivity index (χ2n) is 2.53. The van der Waals surface area contributed by atoms with E-state index in [0.29, 0.717) is 11.2 Å². The van der Waals surface area contributed by atoms with Crippen molar-refractivity contribution in [1.29, 1.82) is 0 Å². The van der Waals surface area contributed by atoms with Gasteiger partial charge in [-0.2, -0.15) is 0 Å². The van der Waals surface area contributed by atoms with E-state index in [9.17, 15) is 8.42 Å². The highest BCUT2D eigenvalue weighted by atomic mass is 32.2. The lowest BCUT2D eigenvalue weighted by Crippen LogP contribution is -2.08. The van der Waals surface area contributed by atoms with Crippen molar-refractivity contribution in [2.24, 2.45) is 0 Å². The lowest BCUT2D eigenvalue weighted by Gasteiger charge is -1.97. The van der Waals surface area contributed by atoms with Gasteiger partial charge < -0.3 is 0 Å². The summed E-state index contributed by atoms with van der Waals surface area (Å²) >= 11 is 0. The van der Waals surface area contributed by atoms with Gasteiger partial charge in [-0.05, 0) is 0 Å². The summed E-state index contributed by atoms with van der Waals surface area (Å²) in [6.07, 6.45) is 5.06. The molecule has 0 unspecified atom stereocenters. The van der Waals surface area contributed by atoms with Crippen LogP contribution in [0.25, 0.3) is 11.2 Å². The Morgan fingerprint density at radius 2 is 2.15 bits per heavy atom. The molecule has 13 heavy (non-hydrogen) atoms. The number of hydrogen-bond donors (Lipinski definition) is 0. The van der Waals surface area contributed by atoms with Gasteiger partial charge in [0, 0.05) is 0 Å². The summed E-state index contributed by atoms with van der Waals surface area (Å²) in [4.78, 5) is 11.4. The molecule has 2 heterocycles. The summed E-state index contributed by atoms with van der Waals surface area (Å²) in [6.45, 7) is 0. The second-order valence-corrected chi connectivity index (χ2v) is 4.39. The van der Waals surface area contributed by atoms with Gasteiger partial charge in [0.25, 0.3) is 0 Å². The van der Waals surface area contributed by atoms with Crippen LogP contribution in [0.5, 0.6) is 0 Å². The molecule has 0 saturated heterocycles. The third-order valence-electron chi connectivity index (χ3n) is 1.54. The minimum atomic E-state index is -3.32. The van der Waals surface area contributed by atoms with E-state index in [1.54, 1.807) is 0 Å². The number of imidazole rings is 1. The van der Waals surface area contributed by atoms with E-state index in [0.717, 1.165) is 10.2 Å². The van der Waals surface area contributed by atoms with Crippen molar-refractivity contribution in [2.75, 3.05) is 6.26 Å². The summed E-state index contributed by atoms with van der Waals surface area (Å²) < 4.78 is 23.4. The third kappa shape index (κ3) is 1.26. The Bertz CT molecular complexity index is 545. The normalized spacial score (nSPS) is 12.1. The molecule has 2 rings (SSSR count). The number of rotatable bonds is 1. The summed E-state index contributed by atoms with van der Waals surface area (Å²) in [5.74, 6) is 0. The van der Waals surface area contributed by atoms with E-state index in [2.05, 4.69) is 15.0 Å². The van der Waals surface area contributed by atoms with Crippen molar-refractivity contribution in [1.82, 2.24) is 18.9 Å². The Hall–Kier alpha value is -1.50. The fraction of sp³-hybridized carbons (Fsp3) is 0.167. The average Bonchev–Trinajstić information content (AvgIpc) is 2.45. The molecular weight excluding hydrogens is 192 g/mol. The van der Waals surface area contributed by atoms with Gasteiger partial charge in [-0.25, -0.2) is 27.3 Å². The molecule has 7 heteroatoms. The molecule has 0 aliphatic rings. The maximum atomic E-state index is 11.2. The molecule has 2 aromatic rings. The number of aromatic nitrogens is 4. The summed E-state index contributed by atoms with van der Waals surface area (Å²) in [5, 5.41) is 0. The van der Waals surface area contributed by atoms with Gasteiger partial charge in [-0.3, -0.25) is 0 Å². The molecule has 0 bridgehead atoms. The van der Waals surface area contributed by atoms with E-state index < -0.39 is 10.0 Å². The smallest absolute Gasteiger partial charge is 0.238 e. The van der Waals surface area contributed by atoms with Crippen LogP contribution in [0.4, 0.5) is 0 Å². The van der Waals surface area contributed by atoms with Gasteiger partial charge >= 0.3 is 0 Å². The van der Waals surface area contributed by atoms with Crippen LogP contribution in [-0.4, -0.2) is 33.6 Å². The molecular formula is C6H6N4O2S. The van der Waals surface area contributed by atoms with Crippen molar-refractivity contribution < 1.29 is 8.42 Å². The Kier molecular flexibility index (Phi) is 1.56. The first kappa shape index (κ1) is 8.11. The Labute approximate surface area is 74.3 Å². The Morgan fingerprint density at radius 1 is 1.38 bits per heavy atom. The molecule has 0 atom stereocenters. The maximum absolute atomic E-state index is 11.2. The van der Waals surface area contributed by atoms with Gasteiger partial charge in [-0.15, -0.1) is 0 Å². The van der Waals surface area contributed by atoms with Crippen LogP contribution in [0.2, 0.25) is 0 Å². The zero-order chi connectivity index (χ0) is 9.47. The third-order valence-corrected chi connectivity index (χ3v) is 2.52. The number of hydrogen-bond acceptors (Lipinski definition) is 5. The largest absolute Gasteiger partial charge is 0.242 e. The summed E-state index contributed by atoms with van der Waals surface area (Å²) in [5.41, 5.74) is 0.769. The molecule has 2 aromatic heterocycles. The highest BCUT2D eigenvalue weighted by molar-refractivity contribution is 7.89. The monoisotopic (exact) mass is 198 g/mol. The fourth-order valence-electron chi connectivity index (χ4n) is 0.989. The zero-order valence-corrected chi connectivity index (χ0v) is 7.56. The van der Waals surface area contributed by atoms with Crippen molar-refractivity contribution in [2.45, 2.75) is 0 Å². The average molecular weight is 198 g/mol. The quantitative estimate of drug-likeness (QED) is 0.625. The lowest BCUT2D eigenvalue weighted by atomic mass is 10.6. The molecule has 68 valence electrons. The molecule has 0 aliphatic heterocycles.